The van der Waals surface area contributed by atoms with E-state index in [4.69, 9.17) is 16.9 Å². The van der Waals surface area contributed by atoms with Crippen LogP contribution >= 0.6 is 11.6 Å². The van der Waals surface area contributed by atoms with E-state index in [-0.39, 0.29) is 5.91 Å². The van der Waals surface area contributed by atoms with Crippen molar-refractivity contribution >= 4 is 29.0 Å². The van der Waals surface area contributed by atoms with E-state index in [0.29, 0.717) is 34.2 Å². The lowest BCUT2D eigenvalue weighted by Crippen LogP contribution is -2.22. The van der Waals surface area contributed by atoms with Gasteiger partial charge in [-0.2, -0.15) is 5.26 Å². The van der Waals surface area contributed by atoms with Gasteiger partial charge in [0.25, 0.3) is 5.91 Å². The highest BCUT2D eigenvalue weighted by Gasteiger charge is 2.07. The zero-order valence-corrected chi connectivity index (χ0v) is 14.5. The Hall–Kier alpha value is -3.36. The number of amides is 1. The van der Waals surface area contributed by atoms with Crippen LogP contribution in [0.3, 0.4) is 0 Å². The molecule has 3 aromatic rings. The molecule has 0 saturated carbocycles. The van der Waals surface area contributed by atoms with Gasteiger partial charge in [0.2, 0.25) is 0 Å². The number of anilines is 2. The van der Waals surface area contributed by atoms with Crippen molar-refractivity contribution in [2.45, 2.75) is 6.54 Å². The number of hydrogen-bond donors (Lipinski definition) is 2. The number of benzene rings is 2. The van der Waals surface area contributed by atoms with Crippen molar-refractivity contribution in [3.63, 3.8) is 0 Å². The zero-order valence-electron chi connectivity index (χ0n) is 13.7. The Morgan fingerprint density at radius 1 is 1.08 bits per heavy atom. The highest BCUT2D eigenvalue weighted by Crippen LogP contribution is 2.18. The molecule has 2 N–H and O–H groups in total. The van der Waals surface area contributed by atoms with E-state index in [9.17, 15) is 4.79 Å². The van der Waals surface area contributed by atoms with Crippen LogP contribution in [0.25, 0.3) is 0 Å². The maximum absolute atomic E-state index is 12.2. The van der Waals surface area contributed by atoms with Gasteiger partial charge >= 0.3 is 0 Å². The summed E-state index contributed by atoms with van der Waals surface area (Å²) < 4.78 is 0. The molecule has 2 aromatic carbocycles. The molecule has 0 aliphatic heterocycles. The third-order valence-electron chi connectivity index (χ3n) is 3.70. The van der Waals surface area contributed by atoms with E-state index in [1.807, 2.05) is 18.2 Å². The van der Waals surface area contributed by atoms with Gasteiger partial charge in [-0.1, -0.05) is 35.9 Å². The molecule has 0 unspecified atom stereocenters. The second-order valence-corrected chi connectivity index (χ2v) is 5.96. The molecule has 1 heterocycles. The zero-order chi connectivity index (χ0) is 18.4. The van der Waals surface area contributed by atoms with Gasteiger partial charge < -0.3 is 10.6 Å². The van der Waals surface area contributed by atoms with E-state index in [0.717, 1.165) is 5.56 Å². The second kappa shape index (κ2) is 8.15. The number of nitrogens with one attached hydrogen (secondary N) is 2. The largest absolute Gasteiger partial charge is 0.348 e. The summed E-state index contributed by atoms with van der Waals surface area (Å²) in [4.78, 5) is 16.5. The molecule has 1 aromatic heterocycles. The summed E-state index contributed by atoms with van der Waals surface area (Å²) in [6.07, 6.45) is 1.49. The molecule has 0 aliphatic carbocycles. The van der Waals surface area contributed by atoms with Crippen LogP contribution in [0.5, 0.6) is 0 Å². The first kappa shape index (κ1) is 17.5. The number of aromatic nitrogens is 1. The molecular weight excluding hydrogens is 348 g/mol. The number of carbonyl (C=O) groups excluding carboxylic acids is 1. The van der Waals surface area contributed by atoms with E-state index in [1.54, 1.807) is 42.5 Å². The van der Waals surface area contributed by atoms with Gasteiger partial charge in [-0.3, -0.25) is 4.79 Å². The van der Waals surface area contributed by atoms with E-state index in [2.05, 4.69) is 21.7 Å². The van der Waals surface area contributed by atoms with Gasteiger partial charge in [0.05, 0.1) is 16.8 Å². The number of rotatable bonds is 5. The number of halogens is 1. The summed E-state index contributed by atoms with van der Waals surface area (Å²) >= 11 is 5.84. The maximum atomic E-state index is 12.2. The predicted molar refractivity (Wildman–Crippen MR) is 101 cm³/mol. The van der Waals surface area contributed by atoms with Crippen molar-refractivity contribution in [3.05, 3.63) is 88.6 Å². The maximum Gasteiger partial charge on any atom is 0.253 e. The lowest BCUT2D eigenvalue weighted by atomic mass is 10.2. The van der Waals surface area contributed by atoms with E-state index < -0.39 is 0 Å². The molecule has 0 fully saturated rings. The highest BCUT2D eigenvalue weighted by molar-refractivity contribution is 6.30. The van der Waals surface area contributed by atoms with E-state index >= 15 is 0 Å². The quantitative estimate of drug-likeness (QED) is 0.710. The number of para-hydroxylation sites is 1. The summed E-state index contributed by atoms with van der Waals surface area (Å²) in [6, 6.07) is 19.9. The van der Waals surface area contributed by atoms with Crippen LogP contribution in [0.2, 0.25) is 5.02 Å². The molecule has 0 atom stereocenters. The molecule has 5 nitrogen and oxygen atoms in total. The first-order valence-corrected chi connectivity index (χ1v) is 8.28. The van der Waals surface area contributed by atoms with Crippen molar-refractivity contribution in [3.8, 4) is 6.07 Å². The van der Waals surface area contributed by atoms with Crippen LogP contribution in [-0.4, -0.2) is 10.9 Å². The van der Waals surface area contributed by atoms with Crippen LogP contribution in [0.4, 0.5) is 11.5 Å². The third-order valence-corrected chi connectivity index (χ3v) is 3.95. The number of carbonyl (C=O) groups is 1. The fourth-order valence-electron chi connectivity index (χ4n) is 2.32. The smallest absolute Gasteiger partial charge is 0.253 e. The molecule has 6 heteroatoms. The monoisotopic (exact) mass is 362 g/mol. The molecule has 1 amide bonds. The molecule has 0 spiro atoms. The Bertz CT molecular complexity index is 947. The Morgan fingerprint density at radius 3 is 2.54 bits per heavy atom. The summed E-state index contributed by atoms with van der Waals surface area (Å²) in [5.74, 6) is 0.346. The molecule has 0 radical (unpaired) electrons. The normalized spacial score (nSPS) is 10.0. The SMILES string of the molecule is N#Cc1ccccc1Nc1ccc(C(=O)NCc2ccc(Cl)cc2)cn1. The van der Waals surface area contributed by atoms with Crippen molar-refractivity contribution in [2.24, 2.45) is 0 Å². The van der Waals surface area contributed by atoms with Gasteiger partial charge in [0.15, 0.2) is 0 Å². The minimum absolute atomic E-state index is 0.212. The lowest BCUT2D eigenvalue weighted by molar-refractivity contribution is 0.0950. The minimum Gasteiger partial charge on any atom is -0.348 e. The van der Waals surface area contributed by atoms with Gasteiger partial charge in [-0.05, 0) is 42.0 Å². The number of hydrogen-bond acceptors (Lipinski definition) is 4. The fourth-order valence-corrected chi connectivity index (χ4v) is 2.44. The molecule has 0 saturated heterocycles. The Balaban J connectivity index is 1.62. The highest BCUT2D eigenvalue weighted by atomic mass is 35.5. The lowest BCUT2D eigenvalue weighted by Gasteiger charge is -2.08. The topological polar surface area (TPSA) is 77.8 Å². The molecule has 0 bridgehead atoms. The van der Waals surface area contributed by atoms with Crippen molar-refractivity contribution < 1.29 is 4.79 Å². The van der Waals surface area contributed by atoms with Crippen LogP contribution < -0.4 is 10.6 Å². The standard InChI is InChI=1S/C20H15ClN4O/c21-17-8-5-14(6-9-17)12-24-20(26)16-7-10-19(23-13-16)25-18-4-2-1-3-15(18)11-22/h1-10,13H,12H2,(H,23,25)(H,24,26). The summed E-state index contributed by atoms with van der Waals surface area (Å²) in [6.45, 7) is 0.408. The average Bonchev–Trinajstić information content (AvgIpc) is 2.68. The number of nitriles is 1. The first-order chi connectivity index (χ1) is 12.7. The van der Waals surface area contributed by atoms with Gasteiger partial charge in [0, 0.05) is 17.8 Å². The number of pyridine rings is 1. The minimum atomic E-state index is -0.212. The van der Waals surface area contributed by atoms with Crippen molar-refractivity contribution in [1.29, 1.82) is 5.26 Å². The molecule has 26 heavy (non-hydrogen) atoms. The Morgan fingerprint density at radius 2 is 1.85 bits per heavy atom. The van der Waals surface area contributed by atoms with Crippen LogP contribution in [-0.2, 0) is 6.54 Å². The van der Waals surface area contributed by atoms with Crippen LogP contribution in [0.1, 0.15) is 21.5 Å². The van der Waals surface area contributed by atoms with Gasteiger partial charge in [-0.25, -0.2) is 4.98 Å². The molecule has 3 rings (SSSR count). The summed E-state index contributed by atoms with van der Waals surface area (Å²) in [5, 5.41) is 15.7. The molecule has 128 valence electrons. The third kappa shape index (κ3) is 4.38. The van der Waals surface area contributed by atoms with Crippen molar-refractivity contribution in [1.82, 2.24) is 10.3 Å². The van der Waals surface area contributed by atoms with Gasteiger partial charge in [-0.15, -0.1) is 0 Å². The number of nitrogens with zero attached hydrogens (tertiary/aromatic N) is 2. The van der Waals surface area contributed by atoms with Crippen LogP contribution in [0, 0.1) is 11.3 Å². The fraction of sp³-hybridized carbons (Fsp3) is 0.0500. The van der Waals surface area contributed by atoms with Crippen molar-refractivity contribution in [2.75, 3.05) is 5.32 Å². The summed E-state index contributed by atoms with van der Waals surface area (Å²) in [5.41, 5.74) is 2.61. The average molecular weight is 363 g/mol. The van der Waals surface area contributed by atoms with Gasteiger partial charge in [0.1, 0.15) is 11.9 Å². The van der Waals surface area contributed by atoms with E-state index in [1.165, 1.54) is 6.20 Å². The molecule has 0 aliphatic rings. The Kier molecular flexibility index (Phi) is 5.47. The molecular formula is C20H15ClN4O. The van der Waals surface area contributed by atoms with Crippen LogP contribution in [0.15, 0.2) is 66.9 Å². The first-order valence-electron chi connectivity index (χ1n) is 7.90. The summed E-state index contributed by atoms with van der Waals surface area (Å²) in [7, 11) is 0. The predicted octanol–water partition coefficient (Wildman–Crippen LogP) is 4.28. The second-order valence-electron chi connectivity index (χ2n) is 5.52. The Labute approximate surface area is 156 Å².